The van der Waals surface area contributed by atoms with Gasteiger partial charge >= 0.3 is 0 Å². The maximum absolute atomic E-state index is 12.0. The van der Waals surface area contributed by atoms with Crippen LogP contribution in [0.15, 0.2) is 6.07 Å². The molecular formula is C13H15ClO3. The molecule has 4 heteroatoms. The van der Waals surface area contributed by atoms with E-state index in [9.17, 15) is 4.79 Å². The molecule has 0 amide bonds. The molecule has 0 heterocycles. The van der Waals surface area contributed by atoms with Crippen molar-refractivity contribution >= 4 is 17.4 Å². The smallest absolute Gasteiger partial charge is 0.163 e. The lowest BCUT2D eigenvalue weighted by Gasteiger charge is -2.15. The number of rotatable bonds is 2. The van der Waals surface area contributed by atoms with Gasteiger partial charge in [0.25, 0.3) is 0 Å². The number of fused-ring (bicyclic) bond motifs is 1. The molecule has 0 bridgehead atoms. The van der Waals surface area contributed by atoms with Crippen molar-refractivity contribution in [1.29, 1.82) is 0 Å². The molecule has 0 N–H and O–H groups in total. The van der Waals surface area contributed by atoms with Crippen LogP contribution in [0.5, 0.6) is 11.5 Å². The number of benzene rings is 1. The van der Waals surface area contributed by atoms with Crippen molar-refractivity contribution in [2.75, 3.05) is 14.2 Å². The topological polar surface area (TPSA) is 35.5 Å². The first-order valence-corrected chi connectivity index (χ1v) is 6.03. The number of ether oxygens (including phenoxy) is 2. The van der Waals surface area contributed by atoms with Crippen LogP contribution in [0.25, 0.3) is 0 Å². The third kappa shape index (κ3) is 2.12. The monoisotopic (exact) mass is 254 g/mol. The molecule has 92 valence electrons. The highest BCUT2D eigenvalue weighted by Crippen LogP contribution is 2.41. The quantitative estimate of drug-likeness (QED) is 0.760. The Bertz CT molecular complexity index is 454. The van der Waals surface area contributed by atoms with Crippen molar-refractivity contribution in [3.05, 3.63) is 22.2 Å². The van der Waals surface area contributed by atoms with Gasteiger partial charge < -0.3 is 9.47 Å². The van der Waals surface area contributed by atoms with E-state index in [2.05, 4.69) is 0 Å². The third-order valence-corrected chi connectivity index (χ3v) is 3.45. The predicted octanol–water partition coefficient (Wildman–Crippen LogP) is 3.27. The minimum Gasteiger partial charge on any atom is -0.495 e. The van der Waals surface area contributed by atoms with Crippen molar-refractivity contribution in [2.45, 2.75) is 25.7 Å². The van der Waals surface area contributed by atoms with Crippen LogP contribution in [0, 0.1) is 0 Å². The summed E-state index contributed by atoms with van der Waals surface area (Å²) in [6.07, 6.45) is 3.31. The van der Waals surface area contributed by atoms with Crippen LogP contribution in [-0.4, -0.2) is 20.0 Å². The fourth-order valence-electron chi connectivity index (χ4n) is 2.23. The van der Waals surface area contributed by atoms with Crippen molar-refractivity contribution in [2.24, 2.45) is 0 Å². The molecule has 0 spiro atoms. The summed E-state index contributed by atoms with van der Waals surface area (Å²) < 4.78 is 10.5. The summed E-state index contributed by atoms with van der Waals surface area (Å²) in [5, 5.41) is 0.448. The van der Waals surface area contributed by atoms with Gasteiger partial charge in [0.1, 0.15) is 16.5 Å². The van der Waals surface area contributed by atoms with E-state index >= 15 is 0 Å². The average molecular weight is 255 g/mol. The van der Waals surface area contributed by atoms with Crippen molar-refractivity contribution in [1.82, 2.24) is 0 Å². The van der Waals surface area contributed by atoms with Gasteiger partial charge in [0.05, 0.1) is 14.2 Å². The highest BCUT2D eigenvalue weighted by molar-refractivity contribution is 6.34. The number of halogens is 1. The Morgan fingerprint density at radius 3 is 2.53 bits per heavy atom. The highest BCUT2D eigenvalue weighted by atomic mass is 35.5. The lowest BCUT2D eigenvalue weighted by molar-refractivity contribution is 0.0981. The summed E-state index contributed by atoms with van der Waals surface area (Å²) in [6, 6.07) is 1.73. The SMILES string of the molecule is COc1cc2c(c(OC)c1Cl)CCCCC2=O. The van der Waals surface area contributed by atoms with E-state index in [0.717, 1.165) is 24.8 Å². The van der Waals surface area contributed by atoms with Crippen molar-refractivity contribution in [3.63, 3.8) is 0 Å². The Kier molecular flexibility index (Phi) is 3.57. The van der Waals surface area contributed by atoms with E-state index in [-0.39, 0.29) is 5.78 Å². The molecule has 0 atom stereocenters. The van der Waals surface area contributed by atoms with Gasteiger partial charge in [0.2, 0.25) is 0 Å². The minimum atomic E-state index is 0.144. The maximum atomic E-state index is 12.0. The van der Waals surface area contributed by atoms with E-state index in [1.54, 1.807) is 13.2 Å². The molecule has 0 saturated heterocycles. The summed E-state index contributed by atoms with van der Waals surface area (Å²) in [5.41, 5.74) is 1.61. The molecule has 1 aliphatic carbocycles. The molecule has 3 nitrogen and oxygen atoms in total. The number of Topliss-reactive ketones (excluding diaryl/α,β-unsaturated/α-hetero) is 1. The van der Waals surface area contributed by atoms with Gasteiger partial charge in [-0.15, -0.1) is 0 Å². The summed E-state index contributed by atoms with van der Waals surface area (Å²) in [7, 11) is 3.10. The van der Waals surface area contributed by atoms with Crippen LogP contribution in [0.2, 0.25) is 5.02 Å². The van der Waals surface area contributed by atoms with Crippen LogP contribution in [0.1, 0.15) is 35.2 Å². The van der Waals surface area contributed by atoms with E-state index in [0.29, 0.717) is 28.5 Å². The average Bonchev–Trinajstić information content (AvgIpc) is 2.51. The third-order valence-electron chi connectivity index (χ3n) is 3.10. The summed E-state index contributed by atoms with van der Waals surface area (Å²) in [6.45, 7) is 0. The Morgan fingerprint density at radius 1 is 1.18 bits per heavy atom. The van der Waals surface area contributed by atoms with E-state index < -0.39 is 0 Å². The molecular weight excluding hydrogens is 240 g/mol. The van der Waals surface area contributed by atoms with Gasteiger partial charge in [-0.2, -0.15) is 0 Å². The molecule has 17 heavy (non-hydrogen) atoms. The highest BCUT2D eigenvalue weighted by Gasteiger charge is 2.23. The second-order valence-electron chi connectivity index (χ2n) is 4.08. The molecule has 1 aromatic rings. The lowest BCUT2D eigenvalue weighted by Crippen LogP contribution is -2.04. The first-order chi connectivity index (χ1) is 8.19. The van der Waals surface area contributed by atoms with Gasteiger partial charge in [-0.25, -0.2) is 0 Å². The number of methoxy groups -OCH3 is 2. The van der Waals surface area contributed by atoms with E-state index in [4.69, 9.17) is 21.1 Å². The molecule has 1 aliphatic rings. The predicted molar refractivity (Wildman–Crippen MR) is 66.4 cm³/mol. The Morgan fingerprint density at radius 2 is 1.88 bits per heavy atom. The standard InChI is InChI=1S/C13H15ClO3/c1-16-11-7-9-8(13(17-2)12(11)14)5-3-4-6-10(9)15/h7H,3-6H2,1-2H3. The molecule has 0 fully saturated rings. The lowest BCUT2D eigenvalue weighted by atomic mass is 10.0. The molecule has 2 rings (SSSR count). The number of carbonyl (C=O) groups excluding carboxylic acids is 1. The van der Waals surface area contributed by atoms with Gasteiger partial charge in [0, 0.05) is 17.5 Å². The second-order valence-corrected chi connectivity index (χ2v) is 4.46. The van der Waals surface area contributed by atoms with Crippen LogP contribution in [0.4, 0.5) is 0 Å². The minimum absolute atomic E-state index is 0.144. The summed E-state index contributed by atoms with van der Waals surface area (Å²) >= 11 is 6.19. The Labute approximate surface area is 106 Å². The Hall–Kier alpha value is -1.22. The van der Waals surface area contributed by atoms with Gasteiger partial charge in [0.15, 0.2) is 5.78 Å². The fraction of sp³-hybridized carbons (Fsp3) is 0.462. The summed E-state index contributed by atoms with van der Waals surface area (Å²) in [4.78, 5) is 12.0. The van der Waals surface area contributed by atoms with E-state index in [1.807, 2.05) is 0 Å². The first kappa shape index (κ1) is 12.2. The van der Waals surface area contributed by atoms with Crippen LogP contribution in [0.3, 0.4) is 0 Å². The van der Waals surface area contributed by atoms with Crippen LogP contribution < -0.4 is 9.47 Å². The molecule has 0 aliphatic heterocycles. The second kappa shape index (κ2) is 4.96. The van der Waals surface area contributed by atoms with Gasteiger partial charge in [-0.1, -0.05) is 11.6 Å². The number of carbonyl (C=O) groups is 1. The first-order valence-electron chi connectivity index (χ1n) is 5.65. The normalized spacial score (nSPS) is 15.1. The zero-order valence-corrected chi connectivity index (χ0v) is 10.8. The van der Waals surface area contributed by atoms with E-state index in [1.165, 1.54) is 7.11 Å². The largest absolute Gasteiger partial charge is 0.495 e. The molecule has 0 unspecified atom stereocenters. The van der Waals surface area contributed by atoms with Crippen molar-refractivity contribution in [3.8, 4) is 11.5 Å². The van der Waals surface area contributed by atoms with Crippen LogP contribution >= 0.6 is 11.6 Å². The Balaban J connectivity index is 2.66. The number of hydrogen-bond donors (Lipinski definition) is 0. The van der Waals surface area contributed by atoms with Crippen molar-refractivity contribution < 1.29 is 14.3 Å². The number of hydrogen-bond acceptors (Lipinski definition) is 3. The molecule has 0 saturated carbocycles. The summed E-state index contributed by atoms with van der Waals surface area (Å²) in [5.74, 6) is 1.22. The zero-order chi connectivity index (χ0) is 12.4. The number of ketones is 1. The van der Waals surface area contributed by atoms with Gasteiger partial charge in [-0.3, -0.25) is 4.79 Å². The molecule has 0 aromatic heterocycles. The molecule has 0 radical (unpaired) electrons. The zero-order valence-electron chi connectivity index (χ0n) is 10.0. The molecule has 1 aromatic carbocycles. The fourth-order valence-corrected chi connectivity index (χ4v) is 2.55. The van der Waals surface area contributed by atoms with Crippen LogP contribution in [-0.2, 0) is 6.42 Å². The maximum Gasteiger partial charge on any atom is 0.163 e. The van der Waals surface area contributed by atoms with Gasteiger partial charge in [-0.05, 0) is 25.3 Å².